The molecule has 0 unspecified atom stereocenters. The van der Waals surface area contributed by atoms with Crippen LogP contribution >= 0.6 is 0 Å². The van der Waals surface area contributed by atoms with Gasteiger partial charge in [0, 0.05) is 37.2 Å². The third kappa shape index (κ3) is 3.19. The fourth-order valence-corrected chi connectivity index (χ4v) is 1.59. The summed E-state index contributed by atoms with van der Waals surface area (Å²) in [4.78, 5) is 8.62. The van der Waals surface area contributed by atoms with Crippen LogP contribution in [-0.2, 0) is 6.54 Å². The zero-order valence-corrected chi connectivity index (χ0v) is 10.7. The van der Waals surface area contributed by atoms with Gasteiger partial charge < -0.3 is 10.6 Å². The summed E-state index contributed by atoms with van der Waals surface area (Å²) in [6, 6.07) is 1.92. The molecule has 0 amide bonds. The summed E-state index contributed by atoms with van der Waals surface area (Å²) in [6.07, 6.45) is 5.54. The Morgan fingerprint density at radius 3 is 2.94 bits per heavy atom. The molecule has 0 radical (unpaired) electrons. The molecule has 0 aliphatic rings. The van der Waals surface area contributed by atoms with E-state index in [0.717, 1.165) is 31.0 Å². The highest BCUT2D eigenvalue weighted by molar-refractivity contribution is 5.46. The first kappa shape index (κ1) is 12.3. The predicted molar refractivity (Wildman–Crippen MR) is 71.6 cm³/mol. The lowest BCUT2D eigenvalue weighted by Crippen LogP contribution is -2.13. The molecule has 2 aromatic heterocycles. The minimum absolute atomic E-state index is 0.657. The van der Waals surface area contributed by atoms with Crippen LogP contribution < -0.4 is 10.6 Å². The zero-order valence-electron chi connectivity index (χ0n) is 10.7. The molecule has 0 aliphatic carbocycles. The smallest absolute Gasteiger partial charge is 0.224 e. The van der Waals surface area contributed by atoms with Gasteiger partial charge in [-0.1, -0.05) is 0 Å². The molecule has 2 N–H and O–H groups in total. The number of hydrogen-bond donors (Lipinski definition) is 2. The fraction of sp³-hybridized carbons (Fsp3) is 0.417. The summed E-state index contributed by atoms with van der Waals surface area (Å²) < 4.78 is 1.88. The van der Waals surface area contributed by atoms with Crippen LogP contribution in [0.5, 0.6) is 0 Å². The lowest BCUT2D eigenvalue weighted by molar-refractivity contribution is 0.637. The fourth-order valence-electron chi connectivity index (χ4n) is 1.59. The molecule has 96 valence electrons. The van der Waals surface area contributed by atoms with Crippen molar-refractivity contribution in [3.8, 4) is 0 Å². The van der Waals surface area contributed by atoms with E-state index in [-0.39, 0.29) is 0 Å². The molecule has 2 aromatic rings. The van der Waals surface area contributed by atoms with Crippen LogP contribution in [0.4, 0.5) is 11.8 Å². The Balaban J connectivity index is 1.93. The molecule has 0 fully saturated rings. The van der Waals surface area contributed by atoms with Gasteiger partial charge in [0.25, 0.3) is 0 Å². The van der Waals surface area contributed by atoms with Gasteiger partial charge in [-0.25, -0.2) is 4.98 Å². The van der Waals surface area contributed by atoms with Crippen molar-refractivity contribution in [2.45, 2.75) is 20.4 Å². The maximum absolute atomic E-state index is 4.42. The van der Waals surface area contributed by atoms with Gasteiger partial charge in [0.1, 0.15) is 5.82 Å². The lowest BCUT2D eigenvalue weighted by Gasteiger charge is -2.10. The summed E-state index contributed by atoms with van der Waals surface area (Å²) >= 11 is 0. The van der Waals surface area contributed by atoms with E-state index in [9.17, 15) is 0 Å². The Morgan fingerprint density at radius 2 is 2.22 bits per heavy atom. The van der Waals surface area contributed by atoms with E-state index in [2.05, 4.69) is 25.7 Å². The van der Waals surface area contributed by atoms with Gasteiger partial charge in [-0.15, -0.1) is 0 Å². The number of nitrogens with zero attached hydrogens (tertiary/aromatic N) is 4. The minimum Gasteiger partial charge on any atom is -0.368 e. The van der Waals surface area contributed by atoms with Crippen LogP contribution in [0.2, 0.25) is 0 Å². The molecule has 0 bridgehead atoms. The number of aryl methyl sites for hydroxylation is 1. The van der Waals surface area contributed by atoms with Gasteiger partial charge >= 0.3 is 0 Å². The average molecular weight is 246 g/mol. The molecule has 0 saturated heterocycles. The van der Waals surface area contributed by atoms with Gasteiger partial charge in [0.2, 0.25) is 5.95 Å². The summed E-state index contributed by atoms with van der Waals surface area (Å²) in [5, 5.41) is 10.5. The van der Waals surface area contributed by atoms with Crippen molar-refractivity contribution in [1.29, 1.82) is 0 Å². The molecule has 18 heavy (non-hydrogen) atoms. The Kier molecular flexibility index (Phi) is 4.11. The second-order valence-electron chi connectivity index (χ2n) is 3.95. The van der Waals surface area contributed by atoms with Crippen molar-refractivity contribution in [2.24, 2.45) is 0 Å². The van der Waals surface area contributed by atoms with Crippen LogP contribution in [-0.4, -0.2) is 32.8 Å². The van der Waals surface area contributed by atoms with Crippen LogP contribution in [0.25, 0.3) is 0 Å². The topological polar surface area (TPSA) is 67.7 Å². The molecule has 0 saturated carbocycles. The standard InChI is InChI=1S/C12H18N6/c1-3-13-12-15-9-10(2)11(17-12)14-6-8-18-7-4-5-16-18/h4-5,7,9H,3,6,8H2,1-2H3,(H2,13,14,15,17). The summed E-state index contributed by atoms with van der Waals surface area (Å²) in [7, 11) is 0. The highest BCUT2D eigenvalue weighted by Gasteiger charge is 2.02. The first-order valence-electron chi connectivity index (χ1n) is 6.08. The summed E-state index contributed by atoms with van der Waals surface area (Å²) in [5.41, 5.74) is 1.04. The van der Waals surface area contributed by atoms with Crippen LogP contribution in [0, 0.1) is 6.92 Å². The number of nitrogens with one attached hydrogen (secondary N) is 2. The van der Waals surface area contributed by atoms with Crippen LogP contribution in [0.1, 0.15) is 12.5 Å². The van der Waals surface area contributed by atoms with E-state index in [1.165, 1.54) is 0 Å². The Morgan fingerprint density at radius 1 is 1.33 bits per heavy atom. The van der Waals surface area contributed by atoms with Gasteiger partial charge in [0.15, 0.2) is 0 Å². The Bertz CT molecular complexity index is 479. The number of aromatic nitrogens is 4. The van der Waals surface area contributed by atoms with Crippen molar-refractivity contribution in [3.63, 3.8) is 0 Å². The van der Waals surface area contributed by atoms with Crippen molar-refractivity contribution in [2.75, 3.05) is 23.7 Å². The quantitative estimate of drug-likeness (QED) is 0.809. The zero-order chi connectivity index (χ0) is 12.8. The lowest BCUT2D eigenvalue weighted by atomic mass is 10.3. The first-order valence-corrected chi connectivity index (χ1v) is 6.08. The van der Waals surface area contributed by atoms with Crippen LogP contribution in [0.15, 0.2) is 24.7 Å². The van der Waals surface area contributed by atoms with E-state index in [4.69, 9.17) is 0 Å². The van der Waals surface area contributed by atoms with E-state index in [1.807, 2.05) is 37.0 Å². The monoisotopic (exact) mass is 246 g/mol. The summed E-state index contributed by atoms with van der Waals surface area (Å²) in [5.74, 6) is 1.53. The van der Waals surface area contributed by atoms with Gasteiger partial charge in [-0.2, -0.15) is 10.1 Å². The van der Waals surface area contributed by atoms with Crippen molar-refractivity contribution in [1.82, 2.24) is 19.7 Å². The van der Waals surface area contributed by atoms with Crippen molar-refractivity contribution >= 4 is 11.8 Å². The molecular formula is C12H18N6. The van der Waals surface area contributed by atoms with Crippen molar-refractivity contribution in [3.05, 3.63) is 30.2 Å². The molecule has 2 rings (SSSR count). The maximum Gasteiger partial charge on any atom is 0.224 e. The highest BCUT2D eigenvalue weighted by atomic mass is 15.3. The molecular weight excluding hydrogens is 228 g/mol. The third-order valence-electron chi connectivity index (χ3n) is 2.50. The molecule has 0 aliphatic heterocycles. The molecule has 2 heterocycles. The number of hydrogen-bond acceptors (Lipinski definition) is 5. The molecule has 6 nitrogen and oxygen atoms in total. The Hall–Kier alpha value is -2.11. The molecule has 0 aromatic carbocycles. The maximum atomic E-state index is 4.42. The van der Waals surface area contributed by atoms with Gasteiger partial charge in [0.05, 0.1) is 6.54 Å². The van der Waals surface area contributed by atoms with E-state index in [1.54, 1.807) is 6.20 Å². The van der Waals surface area contributed by atoms with E-state index >= 15 is 0 Å². The van der Waals surface area contributed by atoms with Gasteiger partial charge in [-0.05, 0) is 19.9 Å². The predicted octanol–water partition coefficient (Wildman–Crippen LogP) is 1.53. The normalized spacial score (nSPS) is 10.3. The largest absolute Gasteiger partial charge is 0.368 e. The minimum atomic E-state index is 0.657. The van der Waals surface area contributed by atoms with Crippen molar-refractivity contribution < 1.29 is 0 Å². The van der Waals surface area contributed by atoms with Crippen LogP contribution in [0.3, 0.4) is 0 Å². The Labute approximate surface area is 106 Å². The molecule has 6 heteroatoms. The molecule has 0 spiro atoms. The average Bonchev–Trinajstić information content (AvgIpc) is 2.86. The van der Waals surface area contributed by atoms with E-state index in [0.29, 0.717) is 5.95 Å². The summed E-state index contributed by atoms with van der Waals surface area (Å²) in [6.45, 7) is 6.42. The molecule has 0 atom stereocenters. The number of anilines is 2. The number of rotatable bonds is 6. The highest BCUT2D eigenvalue weighted by Crippen LogP contribution is 2.11. The van der Waals surface area contributed by atoms with E-state index < -0.39 is 0 Å². The first-order chi connectivity index (χ1) is 8.79. The second kappa shape index (κ2) is 6.00. The third-order valence-corrected chi connectivity index (χ3v) is 2.50. The SMILES string of the molecule is CCNc1ncc(C)c(NCCn2cccn2)n1. The second-order valence-corrected chi connectivity index (χ2v) is 3.95. The van der Waals surface area contributed by atoms with Gasteiger partial charge in [-0.3, -0.25) is 4.68 Å².